The van der Waals surface area contributed by atoms with Crippen LogP contribution in [-0.2, 0) is 20.8 Å². The molecule has 2 heterocycles. The Kier molecular flexibility index (Phi) is 5.83. The Hall–Kier alpha value is -3.85. The van der Waals surface area contributed by atoms with Gasteiger partial charge in [0.25, 0.3) is 0 Å². The van der Waals surface area contributed by atoms with Crippen LogP contribution in [0.25, 0.3) is 21.8 Å². The Balaban J connectivity index is 1.57. The Bertz CT molecular complexity index is 1260. The van der Waals surface area contributed by atoms with E-state index in [1.165, 1.54) is 6.92 Å². The molecule has 164 valence electrons. The predicted octanol–water partition coefficient (Wildman–Crippen LogP) is 0.539. The first-order chi connectivity index (χ1) is 15.3. The van der Waals surface area contributed by atoms with Gasteiger partial charge in [-0.15, -0.1) is 0 Å². The van der Waals surface area contributed by atoms with Gasteiger partial charge >= 0.3 is 0 Å². The number of hydrogen-bond acceptors (Lipinski definition) is 6. The molecule has 1 unspecified atom stereocenters. The molecule has 1 saturated heterocycles. The predicted molar refractivity (Wildman–Crippen MR) is 119 cm³/mol. The summed E-state index contributed by atoms with van der Waals surface area (Å²) in [5.41, 5.74) is 7.73. The van der Waals surface area contributed by atoms with E-state index in [0.29, 0.717) is 45.9 Å². The second kappa shape index (κ2) is 8.72. The molecule has 5 N–H and O–H groups in total. The Morgan fingerprint density at radius 2 is 1.84 bits per heavy atom. The van der Waals surface area contributed by atoms with Crippen LogP contribution < -0.4 is 21.7 Å². The van der Waals surface area contributed by atoms with Gasteiger partial charge in [0.1, 0.15) is 0 Å². The molecule has 0 saturated carbocycles. The minimum atomic E-state index is -0.614. The SMILES string of the molecule is CC(=O)NC1CN[C@H](C(=O)NC(=O)Cc2cccc3nc4ccccc4c(C(N)=O)c23)C1. The highest BCUT2D eigenvalue weighted by Crippen LogP contribution is 2.28. The lowest BCUT2D eigenvalue weighted by atomic mass is 9.96. The van der Waals surface area contributed by atoms with Crippen LogP contribution in [0.1, 0.15) is 29.3 Å². The molecule has 9 nitrogen and oxygen atoms in total. The standard InChI is InChI=1S/C23H23N5O4/c1-12(29)26-14-10-18(25-11-14)23(32)28-19(30)9-13-5-4-8-17-20(13)21(22(24)31)15-6-2-3-7-16(15)27-17/h2-8,14,18,25H,9-11H2,1H3,(H2,24,31)(H,26,29)(H,28,30,32)/t14?,18-/m0/s1. The number of aromatic nitrogens is 1. The second-order valence-corrected chi connectivity index (χ2v) is 7.86. The van der Waals surface area contributed by atoms with Crippen LogP contribution in [0.15, 0.2) is 42.5 Å². The molecule has 2 aromatic carbocycles. The highest BCUT2D eigenvalue weighted by atomic mass is 16.2. The van der Waals surface area contributed by atoms with Crippen LogP contribution in [0.3, 0.4) is 0 Å². The molecule has 2 atom stereocenters. The third kappa shape index (κ3) is 4.28. The van der Waals surface area contributed by atoms with Crippen molar-refractivity contribution in [2.75, 3.05) is 6.54 Å². The van der Waals surface area contributed by atoms with Crippen molar-refractivity contribution in [3.63, 3.8) is 0 Å². The smallest absolute Gasteiger partial charge is 0.250 e. The van der Waals surface area contributed by atoms with Crippen LogP contribution in [-0.4, -0.2) is 47.2 Å². The first-order valence-electron chi connectivity index (χ1n) is 10.3. The Morgan fingerprint density at radius 3 is 2.59 bits per heavy atom. The number of nitrogens with one attached hydrogen (secondary N) is 3. The molecule has 32 heavy (non-hydrogen) atoms. The van der Waals surface area contributed by atoms with Gasteiger partial charge in [-0.05, 0) is 24.1 Å². The molecule has 4 amide bonds. The molecule has 3 aromatic rings. The first-order valence-corrected chi connectivity index (χ1v) is 10.3. The summed E-state index contributed by atoms with van der Waals surface area (Å²) in [4.78, 5) is 53.3. The molecule has 1 aromatic heterocycles. The van der Waals surface area contributed by atoms with Gasteiger partial charge in [0.15, 0.2) is 0 Å². The van der Waals surface area contributed by atoms with Crippen molar-refractivity contribution in [2.45, 2.75) is 31.8 Å². The third-order valence-electron chi connectivity index (χ3n) is 5.51. The lowest BCUT2D eigenvalue weighted by Crippen LogP contribution is -2.43. The van der Waals surface area contributed by atoms with E-state index < -0.39 is 23.8 Å². The number of hydrogen-bond donors (Lipinski definition) is 4. The van der Waals surface area contributed by atoms with Gasteiger partial charge < -0.3 is 16.4 Å². The van der Waals surface area contributed by atoms with E-state index in [4.69, 9.17) is 5.73 Å². The lowest BCUT2D eigenvalue weighted by Gasteiger charge is -2.14. The van der Waals surface area contributed by atoms with E-state index in [0.717, 1.165) is 0 Å². The van der Waals surface area contributed by atoms with Gasteiger partial charge in [-0.1, -0.05) is 30.3 Å². The maximum absolute atomic E-state index is 12.7. The van der Waals surface area contributed by atoms with Crippen LogP contribution in [0.5, 0.6) is 0 Å². The number of amides is 4. The quantitative estimate of drug-likeness (QED) is 0.433. The van der Waals surface area contributed by atoms with E-state index in [-0.39, 0.29) is 18.4 Å². The number of carbonyl (C=O) groups is 4. The molecule has 1 aliphatic heterocycles. The molecule has 0 spiro atoms. The van der Waals surface area contributed by atoms with Crippen LogP contribution >= 0.6 is 0 Å². The number of nitrogens with zero attached hydrogens (tertiary/aromatic N) is 1. The zero-order valence-electron chi connectivity index (χ0n) is 17.5. The first kappa shape index (κ1) is 21.4. The Morgan fingerprint density at radius 1 is 1.09 bits per heavy atom. The highest BCUT2D eigenvalue weighted by molar-refractivity contribution is 6.17. The van der Waals surface area contributed by atoms with Crippen molar-refractivity contribution >= 4 is 45.4 Å². The second-order valence-electron chi connectivity index (χ2n) is 7.86. The fourth-order valence-electron chi connectivity index (χ4n) is 4.19. The van der Waals surface area contributed by atoms with E-state index in [1.807, 2.05) is 6.07 Å². The van der Waals surface area contributed by atoms with Gasteiger partial charge in [-0.25, -0.2) is 4.98 Å². The lowest BCUT2D eigenvalue weighted by molar-refractivity contribution is -0.131. The molecular weight excluding hydrogens is 410 g/mol. The molecule has 0 bridgehead atoms. The number of rotatable bonds is 5. The fraction of sp³-hybridized carbons (Fsp3) is 0.261. The summed E-state index contributed by atoms with van der Waals surface area (Å²) in [5, 5.41) is 9.28. The van der Waals surface area contributed by atoms with E-state index in [1.54, 1.807) is 36.4 Å². The van der Waals surface area contributed by atoms with Crippen molar-refractivity contribution in [2.24, 2.45) is 5.73 Å². The summed E-state index contributed by atoms with van der Waals surface area (Å²) in [5.74, 6) is -1.74. The van der Waals surface area contributed by atoms with E-state index in [9.17, 15) is 19.2 Å². The number of pyridine rings is 1. The van der Waals surface area contributed by atoms with Gasteiger partial charge in [-0.3, -0.25) is 24.5 Å². The fourth-order valence-corrected chi connectivity index (χ4v) is 4.19. The van der Waals surface area contributed by atoms with Gasteiger partial charge in [-0.2, -0.15) is 0 Å². The van der Waals surface area contributed by atoms with Gasteiger partial charge in [0.2, 0.25) is 23.6 Å². The average Bonchev–Trinajstić information content (AvgIpc) is 3.20. The average molecular weight is 433 g/mol. The Labute approximate surface area is 183 Å². The summed E-state index contributed by atoms with van der Waals surface area (Å²) >= 11 is 0. The number of benzene rings is 2. The topological polar surface area (TPSA) is 143 Å². The van der Waals surface area contributed by atoms with Gasteiger partial charge in [0, 0.05) is 30.3 Å². The third-order valence-corrected chi connectivity index (χ3v) is 5.51. The number of nitrogens with two attached hydrogens (primary N) is 1. The van der Waals surface area contributed by atoms with Crippen LogP contribution in [0.2, 0.25) is 0 Å². The maximum atomic E-state index is 12.7. The summed E-state index contributed by atoms with van der Waals surface area (Å²) in [6.07, 6.45) is 0.278. The van der Waals surface area contributed by atoms with Crippen molar-refractivity contribution in [3.8, 4) is 0 Å². The number of imide groups is 1. The minimum absolute atomic E-state index is 0.120. The zero-order valence-corrected chi connectivity index (χ0v) is 17.5. The van der Waals surface area contributed by atoms with Crippen molar-refractivity contribution in [3.05, 3.63) is 53.6 Å². The van der Waals surface area contributed by atoms with Crippen molar-refractivity contribution < 1.29 is 19.2 Å². The molecule has 9 heteroatoms. The molecule has 0 radical (unpaired) electrons. The van der Waals surface area contributed by atoms with E-state index in [2.05, 4.69) is 20.9 Å². The summed E-state index contributed by atoms with van der Waals surface area (Å²) < 4.78 is 0. The normalized spacial score (nSPS) is 17.9. The number of fused-ring (bicyclic) bond motifs is 2. The largest absolute Gasteiger partial charge is 0.366 e. The zero-order chi connectivity index (χ0) is 22.8. The monoisotopic (exact) mass is 433 g/mol. The van der Waals surface area contributed by atoms with Crippen LogP contribution in [0.4, 0.5) is 0 Å². The number of para-hydroxylation sites is 1. The molecule has 1 aliphatic rings. The summed E-state index contributed by atoms with van der Waals surface area (Å²) in [6, 6.07) is 11.7. The van der Waals surface area contributed by atoms with E-state index >= 15 is 0 Å². The molecule has 4 rings (SSSR count). The maximum Gasteiger partial charge on any atom is 0.250 e. The summed E-state index contributed by atoms with van der Waals surface area (Å²) in [7, 11) is 0. The van der Waals surface area contributed by atoms with Crippen LogP contribution in [0, 0.1) is 0 Å². The summed E-state index contributed by atoms with van der Waals surface area (Å²) in [6.45, 7) is 1.87. The number of primary amides is 1. The highest BCUT2D eigenvalue weighted by Gasteiger charge is 2.30. The molecule has 1 fully saturated rings. The van der Waals surface area contributed by atoms with Gasteiger partial charge in [0.05, 0.1) is 29.1 Å². The molecule has 0 aliphatic carbocycles. The minimum Gasteiger partial charge on any atom is -0.366 e. The molecular formula is C23H23N5O4. The van der Waals surface area contributed by atoms with Crippen molar-refractivity contribution in [1.82, 2.24) is 20.9 Å². The van der Waals surface area contributed by atoms with Crippen molar-refractivity contribution in [1.29, 1.82) is 0 Å². The number of carbonyl (C=O) groups excluding carboxylic acids is 4.